The molecule has 1 aromatic rings. The predicted octanol–water partition coefficient (Wildman–Crippen LogP) is 2.53. The van der Waals surface area contributed by atoms with E-state index < -0.39 is 29.1 Å². The molecule has 110 valence electrons. The Hall–Kier alpha value is -1.63. The number of carbonyl (C=O) groups excluding carboxylic acids is 1. The number of amides is 1. The van der Waals surface area contributed by atoms with E-state index in [0.717, 1.165) is 5.75 Å². The van der Waals surface area contributed by atoms with Crippen LogP contribution in [0.3, 0.4) is 0 Å². The van der Waals surface area contributed by atoms with Crippen LogP contribution in [0.15, 0.2) is 12.1 Å². The van der Waals surface area contributed by atoms with Crippen LogP contribution in [0.2, 0.25) is 0 Å². The third-order valence-corrected chi connectivity index (χ3v) is 3.31. The van der Waals surface area contributed by atoms with Crippen molar-refractivity contribution in [2.45, 2.75) is 19.4 Å². The van der Waals surface area contributed by atoms with Crippen molar-refractivity contribution in [1.29, 1.82) is 0 Å². The van der Waals surface area contributed by atoms with Gasteiger partial charge in [0.05, 0.1) is 11.1 Å². The normalized spacial score (nSPS) is 12.0. The monoisotopic (exact) mass is 303 g/mol. The zero-order valence-corrected chi connectivity index (χ0v) is 11.9. The number of carboxylic acid groups (broad SMARTS) is 1. The number of hydrogen-bond donors (Lipinski definition) is 2. The molecule has 0 aliphatic heterocycles. The van der Waals surface area contributed by atoms with Crippen LogP contribution in [0.1, 0.15) is 34.1 Å². The van der Waals surface area contributed by atoms with Crippen LogP contribution in [0.4, 0.5) is 8.78 Å². The summed E-state index contributed by atoms with van der Waals surface area (Å²) in [6.45, 7) is 1.76. The fraction of sp³-hybridized carbons (Fsp3) is 0.385. The highest BCUT2D eigenvalue weighted by Crippen LogP contribution is 2.16. The Balaban J connectivity index is 2.97. The van der Waals surface area contributed by atoms with Crippen LogP contribution in [0.5, 0.6) is 0 Å². The van der Waals surface area contributed by atoms with E-state index in [0.29, 0.717) is 18.6 Å². The van der Waals surface area contributed by atoms with Gasteiger partial charge in [-0.05, 0) is 37.5 Å². The van der Waals surface area contributed by atoms with Gasteiger partial charge in [0.1, 0.15) is 0 Å². The van der Waals surface area contributed by atoms with Crippen molar-refractivity contribution in [3.05, 3.63) is 34.9 Å². The molecule has 0 aromatic heterocycles. The van der Waals surface area contributed by atoms with Crippen molar-refractivity contribution < 1.29 is 23.5 Å². The van der Waals surface area contributed by atoms with E-state index in [1.54, 1.807) is 18.7 Å². The summed E-state index contributed by atoms with van der Waals surface area (Å²) >= 11 is 1.61. The van der Waals surface area contributed by atoms with Crippen molar-refractivity contribution in [2.24, 2.45) is 0 Å². The van der Waals surface area contributed by atoms with Gasteiger partial charge >= 0.3 is 5.97 Å². The molecule has 0 aliphatic carbocycles. The number of carboxylic acids is 1. The molecule has 0 aliphatic rings. The Kier molecular flexibility index (Phi) is 5.94. The van der Waals surface area contributed by atoms with Gasteiger partial charge < -0.3 is 10.4 Å². The smallest absolute Gasteiger partial charge is 0.336 e. The first-order valence-corrected chi connectivity index (χ1v) is 7.28. The standard InChI is InChI=1S/C13H15F2NO3S/c1-7(3-4-20-2)16-12(17)8-5-10(14)11(15)6-9(8)13(18)19/h5-7H,3-4H2,1-2H3,(H,16,17)(H,18,19). The Morgan fingerprint density at radius 2 is 1.85 bits per heavy atom. The van der Waals surface area contributed by atoms with Gasteiger partial charge in [0.2, 0.25) is 0 Å². The molecule has 7 heteroatoms. The molecular weight excluding hydrogens is 288 g/mol. The summed E-state index contributed by atoms with van der Waals surface area (Å²) in [5, 5.41) is 11.5. The van der Waals surface area contributed by atoms with Crippen molar-refractivity contribution in [3.63, 3.8) is 0 Å². The average Bonchev–Trinajstić information content (AvgIpc) is 2.38. The van der Waals surface area contributed by atoms with Crippen LogP contribution >= 0.6 is 11.8 Å². The molecule has 1 rings (SSSR count). The van der Waals surface area contributed by atoms with Gasteiger partial charge in [-0.3, -0.25) is 4.79 Å². The molecule has 0 fully saturated rings. The molecule has 20 heavy (non-hydrogen) atoms. The highest BCUT2D eigenvalue weighted by molar-refractivity contribution is 7.98. The van der Waals surface area contributed by atoms with Crippen molar-refractivity contribution in [2.75, 3.05) is 12.0 Å². The third kappa shape index (κ3) is 4.19. The molecule has 2 N–H and O–H groups in total. The Morgan fingerprint density at radius 3 is 2.35 bits per heavy atom. The van der Waals surface area contributed by atoms with Crippen molar-refractivity contribution >= 4 is 23.6 Å². The lowest BCUT2D eigenvalue weighted by Crippen LogP contribution is -2.34. The van der Waals surface area contributed by atoms with Crippen molar-refractivity contribution in [3.8, 4) is 0 Å². The van der Waals surface area contributed by atoms with Crippen LogP contribution in [0.25, 0.3) is 0 Å². The lowest BCUT2D eigenvalue weighted by Gasteiger charge is -2.14. The van der Waals surface area contributed by atoms with E-state index >= 15 is 0 Å². The molecule has 1 unspecified atom stereocenters. The molecule has 0 saturated carbocycles. The summed E-state index contributed by atoms with van der Waals surface area (Å²) in [6.07, 6.45) is 2.62. The van der Waals surface area contributed by atoms with Crippen molar-refractivity contribution in [1.82, 2.24) is 5.32 Å². The summed E-state index contributed by atoms with van der Waals surface area (Å²) in [6, 6.07) is 0.930. The molecule has 0 saturated heterocycles. The van der Waals surface area contributed by atoms with Crippen LogP contribution in [0, 0.1) is 11.6 Å². The molecular formula is C13H15F2NO3S. The number of benzene rings is 1. The number of halogens is 2. The first kappa shape index (κ1) is 16.4. The second kappa shape index (κ2) is 7.23. The van der Waals surface area contributed by atoms with E-state index in [9.17, 15) is 18.4 Å². The van der Waals surface area contributed by atoms with E-state index in [1.807, 2.05) is 6.26 Å². The van der Waals surface area contributed by atoms with Gasteiger partial charge in [-0.15, -0.1) is 0 Å². The van der Waals surface area contributed by atoms with E-state index in [-0.39, 0.29) is 11.6 Å². The fourth-order valence-corrected chi connectivity index (χ4v) is 2.17. The zero-order valence-electron chi connectivity index (χ0n) is 11.1. The molecule has 1 aromatic carbocycles. The zero-order chi connectivity index (χ0) is 15.3. The lowest BCUT2D eigenvalue weighted by atomic mass is 10.1. The summed E-state index contributed by atoms with van der Waals surface area (Å²) < 4.78 is 26.2. The Labute approximate surface area is 119 Å². The number of aromatic carboxylic acids is 1. The largest absolute Gasteiger partial charge is 0.478 e. The highest BCUT2D eigenvalue weighted by Gasteiger charge is 2.21. The molecule has 1 atom stereocenters. The maximum atomic E-state index is 13.2. The van der Waals surface area contributed by atoms with E-state index in [1.165, 1.54) is 0 Å². The number of rotatable bonds is 6. The lowest BCUT2D eigenvalue weighted by molar-refractivity contribution is 0.0689. The summed E-state index contributed by atoms with van der Waals surface area (Å²) in [5.41, 5.74) is -0.939. The summed E-state index contributed by atoms with van der Waals surface area (Å²) in [4.78, 5) is 22.9. The molecule has 0 bridgehead atoms. The van der Waals surface area contributed by atoms with Crippen LogP contribution in [-0.2, 0) is 0 Å². The summed E-state index contributed by atoms with van der Waals surface area (Å²) in [5.74, 6) is -3.93. The maximum absolute atomic E-state index is 13.2. The van der Waals surface area contributed by atoms with E-state index in [2.05, 4.69) is 5.32 Å². The molecule has 0 heterocycles. The molecule has 0 spiro atoms. The fourth-order valence-electron chi connectivity index (χ4n) is 1.58. The minimum Gasteiger partial charge on any atom is -0.478 e. The number of thioether (sulfide) groups is 1. The highest BCUT2D eigenvalue weighted by atomic mass is 32.2. The second-order valence-electron chi connectivity index (χ2n) is 4.27. The summed E-state index contributed by atoms with van der Waals surface area (Å²) in [7, 11) is 0. The second-order valence-corrected chi connectivity index (χ2v) is 5.26. The maximum Gasteiger partial charge on any atom is 0.336 e. The van der Waals surface area contributed by atoms with Gasteiger partial charge in [-0.25, -0.2) is 13.6 Å². The van der Waals surface area contributed by atoms with Gasteiger partial charge in [-0.1, -0.05) is 0 Å². The first-order valence-electron chi connectivity index (χ1n) is 5.89. The molecule has 0 radical (unpaired) electrons. The molecule has 4 nitrogen and oxygen atoms in total. The Bertz CT molecular complexity index is 523. The number of nitrogens with one attached hydrogen (secondary N) is 1. The Morgan fingerprint density at radius 1 is 1.30 bits per heavy atom. The van der Waals surface area contributed by atoms with E-state index in [4.69, 9.17) is 5.11 Å². The van der Waals surface area contributed by atoms with Gasteiger partial charge in [-0.2, -0.15) is 11.8 Å². The minimum absolute atomic E-state index is 0.190. The SMILES string of the molecule is CSCCC(C)NC(=O)c1cc(F)c(F)cc1C(=O)O. The van der Waals surface area contributed by atoms with Gasteiger partial charge in [0.15, 0.2) is 11.6 Å². The predicted molar refractivity (Wildman–Crippen MR) is 73.2 cm³/mol. The van der Waals surface area contributed by atoms with Gasteiger partial charge in [0.25, 0.3) is 5.91 Å². The number of carbonyl (C=O) groups is 2. The first-order chi connectivity index (χ1) is 9.36. The molecule has 1 amide bonds. The number of hydrogen-bond acceptors (Lipinski definition) is 3. The van der Waals surface area contributed by atoms with Crippen LogP contribution in [-0.4, -0.2) is 35.0 Å². The average molecular weight is 303 g/mol. The van der Waals surface area contributed by atoms with Crippen LogP contribution < -0.4 is 5.32 Å². The van der Waals surface area contributed by atoms with Gasteiger partial charge in [0, 0.05) is 6.04 Å². The third-order valence-electron chi connectivity index (χ3n) is 2.67. The quantitative estimate of drug-likeness (QED) is 0.847. The topological polar surface area (TPSA) is 66.4 Å². The minimum atomic E-state index is -1.48.